The summed E-state index contributed by atoms with van der Waals surface area (Å²) in [4.78, 5) is 23.4. The first-order chi connectivity index (χ1) is 17.7. The Morgan fingerprint density at radius 2 is 1.86 bits per heavy atom. The zero-order chi connectivity index (χ0) is 24.5. The van der Waals surface area contributed by atoms with Crippen LogP contribution >= 0.6 is 11.5 Å². The summed E-state index contributed by atoms with van der Waals surface area (Å²) in [7, 11) is 1.62. The van der Waals surface area contributed by atoms with Gasteiger partial charge in [-0.15, -0.1) is 0 Å². The summed E-state index contributed by atoms with van der Waals surface area (Å²) in [6, 6.07) is 17.5. The molecule has 0 fully saturated rings. The Kier molecular flexibility index (Phi) is 5.82. The molecule has 9 heteroatoms. The maximum absolute atomic E-state index is 14.1. The monoisotopic (exact) mass is 496 g/mol. The summed E-state index contributed by atoms with van der Waals surface area (Å²) in [5, 5.41) is 7.20. The number of hydrogen-bond donors (Lipinski definition) is 2. The molecule has 0 atom stereocenters. The second-order valence-electron chi connectivity index (χ2n) is 8.60. The van der Waals surface area contributed by atoms with E-state index in [1.54, 1.807) is 11.6 Å². The molecule has 6 rings (SSSR count). The number of methoxy groups -OCH3 is 1. The lowest BCUT2D eigenvalue weighted by Crippen LogP contribution is -2.19. The van der Waals surface area contributed by atoms with E-state index in [4.69, 9.17) is 9.72 Å². The molecule has 0 spiro atoms. The number of aromatic amines is 1. The SMILES string of the molecule is COc1ccc(-c2c(Nc3ncns3)nc3c(C4=CCCCC4)c(-c4ccccc4)[nH]n3c2=O)cc1. The van der Waals surface area contributed by atoms with Gasteiger partial charge < -0.3 is 10.1 Å². The molecule has 1 aliphatic carbocycles. The number of anilines is 2. The third kappa shape index (κ3) is 3.97. The first kappa shape index (κ1) is 22.2. The summed E-state index contributed by atoms with van der Waals surface area (Å²) in [5.74, 6) is 1.16. The van der Waals surface area contributed by atoms with Crippen LogP contribution < -0.4 is 15.6 Å². The van der Waals surface area contributed by atoms with Gasteiger partial charge in [-0.25, -0.2) is 9.97 Å². The second-order valence-corrected chi connectivity index (χ2v) is 9.38. The van der Waals surface area contributed by atoms with Crippen LogP contribution in [0.15, 0.2) is 71.8 Å². The first-order valence-electron chi connectivity index (χ1n) is 11.8. The number of nitrogens with zero attached hydrogens (tertiary/aromatic N) is 4. The van der Waals surface area contributed by atoms with E-state index >= 15 is 0 Å². The minimum absolute atomic E-state index is 0.197. The predicted molar refractivity (Wildman–Crippen MR) is 143 cm³/mol. The summed E-state index contributed by atoms with van der Waals surface area (Å²) in [6.45, 7) is 0. The molecule has 8 nitrogen and oxygen atoms in total. The Morgan fingerprint density at radius 3 is 2.56 bits per heavy atom. The number of ether oxygens (including phenoxy) is 1. The summed E-state index contributed by atoms with van der Waals surface area (Å²) >= 11 is 1.21. The van der Waals surface area contributed by atoms with E-state index in [1.165, 1.54) is 29.9 Å². The largest absolute Gasteiger partial charge is 0.497 e. The molecule has 2 aromatic carbocycles. The molecule has 0 saturated heterocycles. The van der Waals surface area contributed by atoms with Crippen LogP contribution in [0.2, 0.25) is 0 Å². The van der Waals surface area contributed by atoms with Crippen molar-refractivity contribution in [2.45, 2.75) is 25.7 Å². The highest BCUT2D eigenvalue weighted by Gasteiger charge is 2.24. The van der Waals surface area contributed by atoms with Crippen molar-refractivity contribution in [1.29, 1.82) is 0 Å². The number of H-pyrrole nitrogens is 1. The number of rotatable bonds is 6. The van der Waals surface area contributed by atoms with Crippen molar-refractivity contribution in [3.8, 4) is 28.1 Å². The molecule has 3 aromatic heterocycles. The second kappa shape index (κ2) is 9.43. The molecule has 36 heavy (non-hydrogen) atoms. The summed E-state index contributed by atoms with van der Waals surface area (Å²) < 4.78 is 11.0. The molecule has 0 radical (unpaired) electrons. The standard InChI is InChI=1S/C27H24N6O2S/c1-35-20-14-12-18(13-15-20)22-24(31-27-28-16-29-36-27)30-25-21(17-8-4-2-5-9-17)23(32-33(25)26(22)34)19-10-6-3-7-11-19/h3,6-8,10-16,32H,2,4-5,9H2,1H3,(H,28,29,31). The Labute approximate surface area is 211 Å². The normalized spacial score (nSPS) is 13.5. The topological polar surface area (TPSA) is 97.2 Å². The van der Waals surface area contributed by atoms with Crippen LogP contribution in [0, 0.1) is 0 Å². The highest BCUT2D eigenvalue weighted by molar-refractivity contribution is 7.09. The third-order valence-electron chi connectivity index (χ3n) is 6.42. The molecular weight excluding hydrogens is 472 g/mol. The quantitative estimate of drug-likeness (QED) is 0.303. The number of aromatic nitrogens is 5. The Hall–Kier alpha value is -4.24. The zero-order valence-electron chi connectivity index (χ0n) is 19.7. The van der Waals surface area contributed by atoms with Crippen LogP contribution in [0.3, 0.4) is 0 Å². The van der Waals surface area contributed by atoms with E-state index in [2.05, 4.69) is 25.8 Å². The van der Waals surface area contributed by atoms with Crippen LogP contribution in [0.4, 0.5) is 10.9 Å². The Balaban J connectivity index is 1.65. The van der Waals surface area contributed by atoms with Crippen LogP contribution in [-0.4, -0.2) is 31.1 Å². The highest BCUT2D eigenvalue weighted by atomic mass is 32.1. The predicted octanol–water partition coefficient (Wildman–Crippen LogP) is 5.92. The number of allylic oxidation sites excluding steroid dienone is 2. The molecule has 2 N–H and O–H groups in total. The lowest BCUT2D eigenvalue weighted by molar-refractivity contribution is 0.415. The van der Waals surface area contributed by atoms with Gasteiger partial charge in [-0.3, -0.25) is 9.89 Å². The van der Waals surface area contributed by atoms with Gasteiger partial charge in [0, 0.05) is 22.7 Å². The maximum atomic E-state index is 14.1. The summed E-state index contributed by atoms with van der Waals surface area (Å²) in [6.07, 6.45) is 8.01. The lowest BCUT2D eigenvalue weighted by Gasteiger charge is -2.14. The molecule has 3 heterocycles. The van der Waals surface area contributed by atoms with E-state index in [-0.39, 0.29) is 5.56 Å². The third-order valence-corrected chi connectivity index (χ3v) is 7.00. The van der Waals surface area contributed by atoms with E-state index in [0.29, 0.717) is 27.9 Å². The van der Waals surface area contributed by atoms with Crippen molar-refractivity contribution in [3.63, 3.8) is 0 Å². The van der Waals surface area contributed by atoms with E-state index < -0.39 is 0 Å². The molecule has 0 unspecified atom stereocenters. The maximum Gasteiger partial charge on any atom is 0.282 e. The smallest absolute Gasteiger partial charge is 0.282 e. The van der Waals surface area contributed by atoms with Crippen molar-refractivity contribution in [2.75, 3.05) is 12.4 Å². The molecule has 1 aliphatic rings. The zero-order valence-corrected chi connectivity index (χ0v) is 20.5. The van der Waals surface area contributed by atoms with Crippen LogP contribution in [0.5, 0.6) is 5.75 Å². The van der Waals surface area contributed by atoms with Crippen LogP contribution in [0.1, 0.15) is 31.2 Å². The highest BCUT2D eigenvalue weighted by Crippen LogP contribution is 2.37. The fraction of sp³-hybridized carbons (Fsp3) is 0.185. The molecule has 0 bridgehead atoms. The van der Waals surface area contributed by atoms with Gasteiger partial charge in [0.1, 0.15) is 17.9 Å². The molecule has 0 amide bonds. The number of hydrogen-bond acceptors (Lipinski definition) is 7. The fourth-order valence-electron chi connectivity index (χ4n) is 4.69. The van der Waals surface area contributed by atoms with E-state index in [9.17, 15) is 4.79 Å². The van der Waals surface area contributed by atoms with Gasteiger partial charge in [0.25, 0.3) is 5.56 Å². The van der Waals surface area contributed by atoms with Gasteiger partial charge >= 0.3 is 0 Å². The molecule has 5 aromatic rings. The van der Waals surface area contributed by atoms with Gasteiger partial charge in [-0.2, -0.15) is 8.89 Å². The van der Waals surface area contributed by atoms with Crippen molar-refractivity contribution >= 4 is 33.7 Å². The van der Waals surface area contributed by atoms with Crippen molar-refractivity contribution < 1.29 is 4.74 Å². The van der Waals surface area contributed by atoms with Crippen LogP contribution in [0.25, 0.3) is 33.6 Å². The minimum atomic E-state index is -0.197. The van der Waals surface area contributed by atoms with Crippen molar-refractivity contribution in [3.05, 3.63) is 82.9 Å². The molecule has 180 valence electrons. The van der Waals surface area contributed by atoms with Crippen LogP contribution in [-0.2, 0) is 0 Å². The number of benzene rings is 2. The number of fused-ring (bicyclic) bond motifs is 1. The van der Waals surface area contributed by atoms with Gasteiger partial charge in [-0.1, -0.05) is 48.5 Å². The molecular formula is C27H24N6O2S. The average Bonchev–Trinajstić information content (AvgIpc) is 3.58. The van der Waals surface area contributed by atoms with Gasteiger partial charge in [-0.05, 0) is 49.0 Å². The lowest BCUT2D eigenvalue weighted by atomic mass is 9.92. The van der Waals surface area contributed by atoms with E-state index in [0.717, 1.165) is 41.6 Å². The average molecular weight is 497 g/mol. The minimum Gasteiger partial charge on any atom is -0.497 e. The first-order valence-corrected chi connectivity index (χ1v) is 12.6. The Bertz CT molecular complexity index is 1600. The number of nitrogens with one attached hydrogen (secondary N) is 2. The molecule has 0 saturated carbocycles. The van der Waals surface area contributed by atoms with Crippen molar-refractivity contribution in [2.24, 2.45) is 0 Å². The fourth-order valence-corrected chi connectivity index (χ4v) is 5.12. The van der Waals surface area contributed by atoms with Crippen molar-refractivity contribution in [1.82, 2.24) is 24.0 Å². The van der Waals surface area contributed by atoms with Gasteiger partial charge in [0.15, 0.2) is 5.65 Å². The van der Waals surface area contributed by atoms with Gasteiger partial charge in [0.2, 0.25) is 5.13 Å². The van der Waals surface area contributed by atoms with Gasteiger partial charge in [0.05, 0.1) is 18.4 Å². The van der Waals surface area contributed by atoms with E-state index in [1.807, 2.05) is 54.6 Å². The summed E-state index contributed by atoms with van der Waals surface area (Å²) in [5.41, 5.74) is 5.65. The molecule has 0 aliphatic heterocycles. The Morgan fingerprint density at radius 1 is 1.03 bits per heavy atom.